The zero-order valence-corrected chi connectivity index (χ0v) is 14.0. The molecule has 0 heterocycles. The van der Waals surface area contributed by atoms with Gasteiger partial charge in [0.2, 0.25) is 5.91 Å². The van der Waals surface area contributed by atoms with E-state index >= 15 is 0 Å². The molecule has 0 saturated heterocycles. The van der Waals surface area contributed by atoms with Gasteiger partial charge >= 0.3 is 0 Å². The number of amides is 1. The summed E-state index contributed by atoms with van der Waals surface area (Å²) in [5, 5.41) is 2.89. The van der Waals surface area contributed by atoms with E-state index in [2.05, 4.69) is 53.1 Å². The minimum atomic E-state index is -0.411. The zero-order chi connectivity index (χ0) is 12.5. The quantitative estimate of drug-likeness (QED) is 0.692. The summed E-state index contributed by atoms with van der Waals surface area (Å²) in [5.41, 5.74) is 0.342. The molecule has 0 spiro atoms. The van der Waals surface area contributed by atoms with Crippen molar-refractivity contribution in [1.82, 2.24) is 0 Å². The van der Waals surface area contributed by atoms with Crippen LogP contribution in [0.4, 0.5) is 5.69 Å². The van der Waals surface area contributed by atoms with E-state index in [0.717, 1.165) is 19.1 Å². The molecule has 0 aliphatic rings. The number of nitrogens with one attached hydrogen (secondary N) is 1. The molecule has 0 radical (unpaired) electrons. The monoisotopic (exact) mass is 411 g/mol. The molecule has 1 amide bonds. The lowest BCUT2D eigenvalue weighted by molar-refractivity contribution is -0.123. The molecule has 2 nitrogen and oxygen atoms in total. The largest absolute Gasteiger partial charge is 0.324 e. The Labute approximate surface area is 121 Å². The van der Waals surface area contributed by atoms with Crippen molar-refractivity contribution in [3.8, 4) is 0 Å². The lowest BCUT2D eigenvalue weighted by Crippen LogP contribution is -2.27. The van der Waals surface area contributed by atoms with Gasteiger partial charge in [0.15, 0.2) is 0 Å². The molecule has 1 aromatic rings. The number of rotatable bonds is 1. The van der Waals surface area contributed by atoms with Crippen LogP contribution in [-0.2, 0) is 4.79 Å². The maximum absolute atomic E-state index is 11.9. The Bertz CT molecular complexity index is 401. The van der Waals surface area contributed by atoms with Gasteiger partial charge < -0.3 is 5.32 Å². The van der Waals surface area contributed by atoms with Crippen LogP contribution in [0.25, 0.3) is 0 Å². The molecule has 1 rings (SSSR count). The van der Waals surface area contributed by atoms with Crippen molar-refractivity contribution >= 4 is 59.4 Å². The first kappa shape index (κ1) is 14.2. The summed E-state index contributed by atoms with van der Waals surface area (Å²) in [6.45, 7) is 5.63. The lowest BCUT2D eigenvalue weighted by Gasteiger charge is -2.19. The van der Waals surface area contributed by atoms with E-state index in [1.54, 1.807) is 0 Å². The molecule has 0 unspecified atom stereocenters. The van der Waals surface area contributed by atoms with Gasteiger partial charge in [-0.2, -0.15) is 0 Å². The summed E-state index contributed by atoms with van der Waals surface area (Å²) in [4.78, 5) is 11.9. The third-order valence-corrected chi connectivity index (χ3v) is 3.64. The Morgan fingerprint density at radius 3 is 1.94 bits per heavy atom. The SMILES string of the molecule is CC(C)(C)C(=O)Nc1c(Br)cc(Br)cc1Br. The van der Waals surface area contributed by atoms with Gasteiger partial charge in [-0.05, 0) is 44.0 Å². The van der Waals surface area contributed by atoms with E-state index in [1.165, 1.54) is 0 Å². The second kappa shape index (κ2) is 5.19. The highest BCUT2D eigenvalue weighted by atomic mass is 79.9. The normalized spacial score (nSPS) is 11.4. The minimum absolute atomic E-state index is 0.0174. The molecular weight excluding hydrogens is 402 g/mol. The predicted molar refractivity (Wildman–Crippen MR) is 77.6 cm³/mol. The van der Waals surface area contributed by atoms with Gasteiger partial charge in [-0.1, -0.05) is 36.7 Å². The Kier molecular flexibility index (Phi) is 4.60. The summed E-state index contributed by atoms with van der Waals surface area (Å²) >= 11 is 10.2. The fourth-order valence-corrected chi connectivity index (χ4v) is 3.42. The van der Waals surface area contributed by atoms with Gasteiger partial charge in [-0.15, -0.1) is 0 Å². The van der Waals surface area contributed by atoms with Crippen LogP contribution in [0.1, 0.15) is 20.8 Å². The average molecular weight is 414 g/mol. The van der Waals surface area contributed by atoms with Crippen LogP contribution in [-0.4, -0.2) is 5.91 Å². The fraction of sp³-hybridized carbons (Fsp3) is 0.364. The van der Waals surface area contributed by atoms with Gasteiger partial charge in [0.1, 0.15) is 0 Å². The minimum Gasteiger partial charge on any atom is -0.324 e. The summed E-state index contributed by atoms with van der Waals surface area (Å²) in [6.07, 6.45) is 0. The second-order valence-electron chi connectivity index (χ2n) is 4.45. The van der Waals surface area contributed by atoms with Crippen LogP contribution in [0.15, 0.2) is 25.6 Å². The van der Waals surface area contributed by atoms with Gasteiger partial charge in [0.25, 0.3) is 0 Å². The van der Waals surface area contributed by atoms with Crippen molar-refractivity contribution in [1.29, 1.82) is 0 Å². The van der Waals surface area contributed by atoms with Gasteiger partial charge in [-0.3, -0.25) is 4.79 Å². The zero-order valence-electron chi connectivity index (χ0n) is 9.20. The standard InChI is InChI=1S/C11H12Br3NO/c1-11(2,3)10(16)15-9-7(13)4-6(12)5-8(9)14/h4-5H,1-3H3,(H,15,16). The molecule has 0 aliphatic heterocycles. The third kappa shape index (κ3) is 3.57. The highest BCUT2D eigenvalue weighted by Crippen LogP contribution is 2.35. The molecule has 0 aliphatic carbocycles. The fourth-order valence-electron chi connectivity index (χ4n) is 0.963. The van der Waals surface area contributed by atoms with Crippen molar-refractivity contribution in [2.24, 2.45) is 5.41 Å². The maximum Gasteiger partial charge on any atom is 0.229 e. The van der Waals surface area contributed by atoms with Gasteiger partial charge in [-0.25, -0.2) is 0 Å². The number of halogens is 3. The molecule has 0 atom stereocenters. The molecule has 1 aromatic carbocycles. The first-order valence-electron chi connectivity index (χ1n) is 4.68. The number of carbonyl (C=O) groups is 1. The molecule has 88 valence electrons. The molecule has 1 N–H and O–H groups in total. The highest BCUT2D eigenvalue weighted by molar-refractivity contribution is 9.11. The first-order valence-corrected chi connectivity index (χ1v) is 7.05. The topological polar surface area (TPSA) is 29.1 Å². The number of benzene rings is 1. The van der Waals surface area contributed by atoms with E-state index in [0.29, 0.717) is 0 Å². The van der Waals surface area contributed by atoms with E-state index < -0.39 is 5.41 Å². The lowest BCUT2D eigenvalue weighted by atomic mass is 9.95. The van der Waals surface area contributed by atoms with Gasteiger partial charge in [0, 0.05) is 18.8 Å². The molecule has 16 heavy (non-hydrogen) atoms. The molecule has 5 heteroatoms. The van der Waals surface area contributed by atoms with E-state index in [4.69, 9.17) is 0 Å². The predicted octanol–water partition coefficient (Wildman–Crippen LogP) is 4.96. The number of carbonyl (C=O) groups excluding carboxylic acids is 1. The summed E-state index contributed by atoms with van der Waals surface area (Å²) < 4.78 is 2.62. The van der Waals surface area contributed by atoms with E-state index in [-0.39, 0.29) is 5.91 Å². The summed E-state index contributed by atoms with van der Waals surface area (Å²) in [7, 11) is 0. The van der Waals surface area contributed by atoms with Crippen molar-refractivity contribution < 1.29 is 4.79 Å². The molecule has 0 bridgehead atoms. The maximum atomic E-state index is 11.9. The van der Waals surface area contributed by atoms with Crippen LogP contribution in [0.3, 0.4) is 0 Å². The van der Waals surface area contributed by atoms with Crippen LogP contribution in [0.5, 0.6) is 0 Å². The van der Waals surface area contributed by atoms with Crippen molar-refractivity contribution in [3.05, 3.63) is 25.6 Å². The van der Waals surface area contributed by atoms with Crippen LogP contribution < -0.4 is 5.32 Å². The molecular formula is C11H12Br3NO. The number of hydrogen-bond donors (Lipinski definition) is 1. The Hall–Kier alpha value is 0.130. The Morgan fingerprint density at radius 1 is 1.12 bits per heavy atom. The van der Waals surface area contributed by atoms with Crippen LogP contribution in [0.2, 0.25) is 0 Å². The Morgan fingerprint density at radius 2 is 1.56 bits per heavy atom. The van der Waals surface area contributed by atoms with Crippen LogP contribution in [0, 0.1) is 5.41 Å². The first-order chi connectivity index (χ1) is 7.21. The summed E-state index contributed by atoms with van der Waals surface area (Å²) in [5.74, 6) is -0.0174. The third-order valence-electron chi connectivity index (χ3n) is 1.93. The van der Waals surface area contributed by atoms with E-state index in [9.17, 15) is 4.79 Å². The number of hydrogen-bond acceptors (Lipinski definition) is 1. The molecule has 0 fully saturated rings. The highest BCUT2D eigenvalue weighted by Gasteiger charge is 2.22. The molecule has 0 aromatic heterocycles. The smallest absolute Gasteiger partial charge is 0.229 e. The van der Waals surface area contributed by atoms with E-state index in [1.807, 2.05) is 32.9 Å². The Balaban J connectivity index is 3.03. The molecule has 0 saturated carbocycles. The van der Waals surface area contributed by atoms with Crippen molar-refractivity contribution in [2.45, 2.75) is 20.8 Å². The average Bonchev–Trinajstić information content (AvgIpc) is 2.08. The van der Waals surface area contributed by atoms with Crippen molar-refractivity contribution in [2.75, 3.05) is 5.32 Å². The van der Waals surface area contributed by atoms with Crippen molar-refractivity contribution in [3.63, 3.8) is 0 Å². The summed E-state index contributed by atoms with van der Waals surface area (Å²) in [6, 6.07) is 3.78. The van der Waals surface area contributed by atoms with Gasteiger partial charge in [0.05, 0.1) is 5.69 Å². The number of anilines is 1. The van der Waals surface area contributed by atoms with Crippen LogP contribution >= 0.6 is 47.8 Å². The second-order valence-corrected chi connectivity index (χ2v) is 7.07.